The summed E-state index contributed by atoms with van der Waals surface area (Å²) < 4.78 is 10.5. The molecule has 0 bridgehead atoms. The third kappa shape index (κ3) is 4.95. The molecule has 4 heteroatoms. The van der Waals surface area contributed by atoms with Gasteiger partial charge in [-0.25, -0.2) is 4.79 Å². The predicted octanol–water partition coefficient (Wildman–Crippen LogP) is 0.874. The third-order valence-corrected chi connectivity index (χ3v) is 2.30. The minimum absolute atomic E-state index is 0.315. The standard InChI is InChI=1S/C11H19NO3/c1-9(2)11(13)15-8-7-14-10-3-5-12-6-4-10/h10,12H,1,3-8H2,2H3. The highest BCUT2D eigenvalue weighted by molar-refractivity contribution is 5.86. The lowest BCUT2D eigenvalue weighted by Gasteiger charge is -2.22. The van der Waals surface area contributed by atoms with Crippen LogP contribution in [0.2, 0.25) is 0 Å². The fourth-order valence-electron chi connectivity index (χ4n) is 1.43. The van der Waals surface area contributed by atoms with Crippen LogP contribution in [0, 0.1) is 0 Å². The summed E-state index contributed by atoms with van der Waals surface area (Å²) in [5.74, 6) is -0.344. The number of ether oxygens (including phenoxy) is 2. The maximum absolute atomic E-state index is 11.0. The van der Waals surface area contributed by atoms with Crippen molar-refractivity contribution in [1.82, 2.24) is 5.32 Å². The Kier molecular flexibility index (Phi) is 5.36. The second kappa shape index (κ2) is 6.58. The van der Waals surface area contributed by atoms with Crippen LogP contribution < -0.4 is 5.32 Å². The molecule has 1 N–H and O–H groups in total. The van der Waals surface area contributed by atoms with Crippen LogP contribution in [0.1, 0.15) is 19.8 Å². The van der Waals surface area contributed by atoms with Gasteiger partial charge in [0.15, 0.2) is 0 Å². The Morgan fingerprint density at radius 2 is 2.07 bits per heavy atom. The van der Waals surface area contributed by atoms with E-state index >= 15 is 0 Å². The summed E-state index contributed by atoms with van der Waals surface area (Å²) in [6, 6.07) is 0. The molecule has 15 heavy (non-hydrogen) atoms. The molecule has 0 spiro atoms. The van der Waals surface area contributed by atoms with Gasteiger partial charge >= 0.3 is 5.97 Å². The van der Waals surface area contributed by atoms with Gasteiger partial charge < -0.3 is 14.8 Å². The lowest BCUT2D eigenvalue weighted by molar-refractivity contribution is -0.141. The Balaban J connectivity index is 2.01. The molecule has 1 saturated heterocycles. The van der Waals surface area contributed by atoms with Gasteiger partial charge in [-0.15, -0.1) is 0 Å². The van der Waals surface area contributed by atoms with Gasteiger partial charge in [0.1, 0.15) is 6.61 Å². The minimum Gasteiger partial charge on any atom is -0.460 e. The van der Waals surface area contributed by atoms with E-state index in [1.54, 1.807) is 6.92 Å². The van der Waals surface area contributed by atoms with Gasteiger partial charge in [-0.05, 0) is 32.9 Å². The smallest absolute Gasteiger partial charge is 0.333 e. The highest BCUT2D eigenvalue weighted by Gasteiger charge is 2.13. The molecule has 0 aliphatic carbocycles. The summed E-state index contributed by atoms with van der Waals surface area (Å²) in [6.07, 6.45) is 2.39. The van der Waals surface area contributed by atoms with E-state index in [9.17, 15) is 4.79 Å². The summed E-state index contributed by atoms with van der Waals surface area (Å²) in [5, 5.41) is 3.26. The van der Waals surface area contributed by atoms with Crippen LogP contribution in [0.5, 0.6) is 0 Å². The molecular weight excluding hydrogens is 194 g/mol. The number of nitrogens with one attached hydrogen (secondary N) is 1. The van der Waals surface area contributed by atoms with Crippen molar-refractivity contribution >= 4 is 5.97 Å². The lowest BCUT2D eigenvalue weighted by Crippen LogP contribution is -2.33. The molecule has 0 aromatic heterocycles. The monoisotopic (exact) mass is 213 g/mol. The maximum atomic E-state index is 11.0. The average molecular weight is 213 g/mol. The zero-order valence-corrected chi connectivity index (χ0v) is 9.25. The molecule has 1 aliphatic rings. The topological polar surface area (TPSA) is 47.6 Å². The zero-order chi connectivity index (χ0) is 11.1. The van der Waals surface area contributed by atoms with Crippen LogP contribution in [0.3, 0.4) is 0 Å². The highest BCUT2D eigenvalue weighted by Crippen LogP contribution is 2.06. The van der Waals surface area contributed by atoms with Gasteiger partial charge in [0, 0.05) is 5.57 Å². The van der Waals surface area contributed by atoms with Crippen molar-refractivity contribution in [2.75, 3.05) is 26.3 Å². The van der Waals surface area contributed by atoms with Gasteiger partial charge in [-0.2, -0.15) is 0 Å². The summed E-state index contributed by atoms with van der Waals surface area (Å²) in [5.41, 5.74) is 0.428. The number of hydrogen-bond acceptors (Lipinski definition) is 4. The fourth-order valence-corrected chi connectivity index (χ4v) is 1.43. The van der Waals surface area contributed by atoms with Crippen LogP contribution in [0.4, 0.5) is 0 Å². The molecule has 1 fully saturated rings. The Bertz CT molecular complexity index is 222. The summed E-state index contributed by atoms with van der Waals surface area (Å²) in [6.45, 7) is 7.95. The van der Waals surface area contributed by atoms with Gasteiger partial charge in [-0.3, -0.25) is 0 Å². The van der Waals surface area contributed by atoms with Crippen molar-refractivity contribution in [3.05, 3.63) is 12.2 Å². The van der Waals surface area contributed by atoms with Crippen LogP contribution in [0.25, 0.3) is 0 Å². The van der Waals surface area contributed by atoms with Gasteiger partial charge in [0.25, 0.3) is 0 Å². The van der Waals surface area contributed by atoms with Crippen molar-refractivity contribution < 1.29 is 14.3 Å². The number of carbonyl (C=O) groups excluding carboxylic acids is 1. The summed E-state index contributed by atoms with van der Waals surface area (Å²) >= 11 is 0. The zero-order valence-electron chi connectivity index (χ0n) is 9.25. The SMILES string of the molecule is C=C(C)C(=O)OCCOC1CCNCC1. The van der Waals surface area contributed by atoms with Crippen LogP contribution >= 0.6 is 0 Å². The predicted molar refractivity (Wildman–Crippen MR) is 57.6 cm³/mol. The first-order valence-electron chi connectivity index (χ1n) is 5.35. The first-order chi connectivity index (χ1) is 7.20. The molecule has 0 saturated carbocycles. The molecule has 1 aliphatic heterocycles. The second-order valence-corrected chi connectivity index (χ2v) is 3.74. The summed E-state index contributed by atoms with van der Waals surface area (Å²) in [4.78, 5) is 11.0. The number of esters is 1. The van der Waals surface area contributed by atoms with E-state index in [1.807, 2.05) is 0 Å². The van der Waals surface area contributed by atoms with E-state index in [1.165, 1.54) is 0 Å². The van der Waals surface area contributed by atoms with E-state index < -0.39 is 0 Å². The van der Waals surface area contributed by atoms with Gasteiger partial charge in [-0.1, -0.05) is 6.58 Å². The van der Waals surface area contributed by atoms with Gasteiger partial charge in [0.05, 0.1) is 12.7 Å². The first-order valence-corrected chi connectivity index (χ1v) is 5.35. The van der Waals surface area contributed by atoms with Crippen LogP contribution in [-0.2, 0) is 14.3 Å². The molecule has 0 unspecified atom stereocenters. The Morgan fingerprint density at radius 1 is 1.40 bits per heavy atom. The average Bonchev–Trinajstić information content (AvgIpc) is 2.25. The van der Waals surface area contributed by atoms with E-state index in [0.717, 1.165) is 25.9 Å². The minimum atomic E-state index is -0.344. The van der Waals surface area contributed by atoms with Gasteiger partial charge in [0.2, 0.25) is 0 Å². The maximum Gasteiger partial charge on any atom is 0.333 e. The number of hydrogen-bond donors (Lipinski definition) is 1. The van der Waals surface area contributed by atoms with E-state index in [-0.39, 0.29) is 5.97 Å². The largest absolute Gasteiger partial charge is 0.460 e. The molecule has 0 aromatic carbocycles. The van der Waals surface area contributed by atoms with Crippen molar-refractivity contribution in [3.8, 4) is 0 Å². The van der Waals surface area contributed by atoms with Crippen molar-refractivity contribution in [2.45, 2.75) is 25.9 Å². The molecule has 4 nitrogen and oxygen atoms in total. The molecule has 0 amide bonds. The number of rotatable bonds is 5. The van der Waals surface area contributed by atoms with Crippen molar-refractivity contribution in [1.29, 1.82) is 0 Å². The molecule has 86 valence electrons. The highest BCUT2D eigenvalue weighted by atomic mass is 16.6. The Morgan fingerprint density at radius 3 is 2.67 bits per heavy atom. The number of piperidine rings is 1. The van der Waals surface area contributed by atoms with E-state index in [4.69, 9.17) is 9.47 Å². The van der Waals surface area contributed by atoms with Crippen molar-refractivity contribution in [2.24, 2.45) is 0 Å². The number of carbonyl (C=O) groups is 1. The molecular formula is C11H19NO3. The Hall–Kier alpha value is -0.870. The molecule has 1 heterocycles. The normalized spacial score (nSPS) is 17.4. The molecule has 0 atom stereocenters. The second-order valence-electron chi connectivity index (χ2n) is 3.74. The van der Waals surface area contributed by atoms with E-state index in [2.05, 4.69) is 11.9 Å². The fraction of sp³-hybridized carbons (Fsp3) is 0.727. The van der Waals surface area contributed by atoms with Crippen LogP contribution in [0.15, 0.2) is 12.2 Å². The molecule has 0 radical (unpaired) electrons. The quantitative estimate of drug-likeness (QED) is 0.418. The van der Waals surface area contributed by atoms with Crippen molar-refractivity contribution in [3.63, 3.8) is 0 Å². The first kappa shape index (κ1) is 12.2. The third-order valence-electron chi connectivity index (χ3n) is 2.30. The molecule has 1 rings (SSSR count). The molecule has 0 aromatic rings. The van der Waals surface area contributed by atoms with E-state index in [0.29, 0.717) is 24.9 Å². The Labute approximate surface area is 90.6 Å². The van der Waals surface area contributed by atoms with Crippen LogP contribution in [-0.4, -0.2) is 38.4 Å². The lowest BCUT2D eigenvalue weighted by atomic mass is 10.1. The summed E-state index contributed by atoms with van der Waals surface area (Å²) in [7, 11) is 0.